The van der Waals surface area contributed by atoms with Crippen LogP contribution in [0.1, 0.15) is 116 Å². The first-order chi connectivity index (χ1) is 14.9. The summed E-state index contributed by atoms with van der Waals surface area (Å²) < 4.78 is 1.87. The first-order valence-electron chi connectivity index (χ1n) is 12.2. The van der Waals surface area contributed by atoms with Crippen LogP contribution < -0.4 is 0 Å². The fraction of sp³-hybridized carbons (Fsp3) is 0.571. The van der Waals surface area contributed by atoms with Crippen LogP contribution in [0.2, 0.25) is 0 Å². The van der Waals surface area contributed by atoms with Gasteiger partial charge in [-0.25, -0.2) is 0 Å². The minimum Gasteiger partial charge on any atom is -0.293 e. The molecule has 0 saturated heterocycles. The van der Waals surface area contributed by atoms with E-state index in [0.717, 1.165) is 23.1 Å². The quantitative estimate of drug-likeness (QED) is 0.462. The van der Waals surface area contributed by atoms with Gasteiger partial charge in [0.2, 0.25) is 0 Å². The van der Waals surface area contributed by atoms with Gasteiger partial charge in [-0.15, -0.1) is 0 Å². The number of hydrogen-bond acceptors (Lipinski definition) is 2. The normalized spacial score (nSPS) is 19.2. The number of ketones is 1. The van der Waals surface area contributed by atoms with Crippen molar-refractivity contribution in [1.29, 1.82) is 0 Å². The maximum atomic E-state index is 12.0. The fourth-order valence-corrected chi connectivity index (χ4v) is 3.43. The van der Waals surface area contributed by atoms with Gasteiger partial charge in [0.1, 0.15) is 5.69 Å². The predicted octanol–water partition coefficient (Wildman–Crippen LogP) is 8.37. The Hall–Kier alpha value is -2.16. The van der Waals surface area contributed by atoms with Gasteiger partial charge in [0.15, 0.2) is 5.78 Å². The smallest absolute Gasteiger partial charge is 0.177 e. The molecule has 0 radical (unpaired) electrons. The van der Waals surface area contributed by atoms with E-state index < -0.39 is 0 Å². The first kappa shape index (κ1) is 26.9. The molecular weight excluding hydrogens is 380 g/mol. The highest BCUT2D eigenvalue weighted by molar-refractivity contribution is 5.93. The van der Waals surface area contributed by atoms with Crippen LogP contribution >= 0.6 is 0 Å². The molecule has 3 atom stereocenters. The molecule has 2 aliphatic carbocycles. The Labute approximate surface area is 191 Å². The van der Waals surface area contributed by atoms with Crippen molar-refractivity contribution in [2.75, 3.05) is 0 Å². The zero-order chi connectivity index (χ0) is 23.6. The van der Waals surface area contributed by atoms with Crippen LogP contribution in [-0.2, 0) is 0 Å². The highest BCUT2D eigenvalue weighted by Crippen LogP contribution is 2.36. The van der Waals surface area contributed by atoms with E-state index in [2.05, 4.69) is 39.8 Å². The Bertz CT molecular complexity index is 820. The zero-order valence-electron chi connectivity index (χ0n) is 21.3. The van der Waals surface area contributed by atoms with E-state index in [-0.39, 0.29) is 11.8 Å². The third-order valence-electron chi connectivity index (χ3n) is 6.13. The van der Waals surface area contributed by atoms with Gasteiger partial charge in [-0.1, -0.05) is 77.4 Å². The molecule has 0 spiro atoms. The lowest BCUT2D eigenvalue weighted by molar-refractivity contribution is 0.100. The lowest BCUT2D eigenvalue weighted by Gasteiger charge is -2.19. The minimum absolute atomic E-state index is 0.0491. The van der Waals surface area contributed by atoms with Gasteiger partial charge in [0.05, 0.1) is 11.7 Å². The molecule has 3 heteroatoms. The molecule has 0 bridgehead atoms. The molecule has 0 unspecified atom stereocenters. The van der Waals surface area contributed by atoms with Crippen molar-refractivity contribution < 1.29 is 4.79 Å². The summed E-state index contributed by atoms with van der Waals surface area (Å²) in [4.78, 5) is 12.0. The lowest BCUT2D eigenvalue weighted by atomic mass is 9.87. The second-order valence-electron chi connectivity index (χ2n) is 8.27. The number of carbonyl (C=O) groups excluding carboxylic acids is 1. The number of aromatic nitrogens is 2. The van der Waals surface area contributed by atoms with Crippen LogP contribution in [0.15, 0.2) is 42.0 Å². The van der Waals surface area contributed by atoms with E-state index in [4.69, 9.17) is 5.10 Å². The minimum atomic E-state index is 0.0491. The molecule has 1 aromatic heterocycles. The monoisotopic (exact) mass is 424 g/mol. The van der Waals surface area contributed by atoms with Crippen LogP contribution in [-0.4, -0.2) is 15.6 Å². The summed E-state index contributed by atoms with van der Waals surface area (Å²) in [6.07, 6.45) is 5.08. The average Bonchev–Trinajstić information content (AvgIpc) is 3.22. The summed E-state index contributed by atoms with van der Waals surface area (Å²) in [5, 5.41) is 4.75. The van der Waals surface area contributed by atoms with Crippen molar-refractivity contribution in [3.63, 3.8) is 0 Å². The molecule has 0 aliphatic heterocycles. The zero-order valence-corrected chi connectivity index (χ0v) is 21.3. The molecule has 3 nitrogen and oxygen atoms in total. The highest BCUT2D eigenvalue weighted by atomic mass is 16.1. The second-order valence-corrected chi connectivity index (χ2v) is 8.27. The summed E-state index contributed by atoms with van der Waals surface area (Å²) in [6.45, 7) is 18.4. The first-order valence-corrected chi connectivity index (χ1v) is 12.2. The van der Waals surface area contributed by atoms with Gasteiger partial charge >= 0.3 is 0 Å². The molecule has 1 heterocycles. The number of allylic oxidation sites excluding steroid dienone is 2. The van der Waals surface area contributed by atoms with Gasteiger partial charge in [-0.2, -0.15) is 5.10 Å². The maximum absolute atomic E-state index is 12.0. The molecule has 2 aromatic rings. The Morgan fingerprint density at radius 1 is 1.00 bits per heavy atom. The Morgan fingerprint density at radius 2 is 1.52 bits per heavy atom. The molecule has 172 valence electrons. The van der Waals surface area contributed by atoms with Crippen molar-refractivity contribution >= 4 is 11.4 Å². The van der Waals surface area contributed by atoms with Gasteiger partial charge in [0, 0.05) is 6.92 Å². The fourth-order valence-electron chi connectivity index (χ4n) is 3.43. The van der Waals surface area contributed by atoms with Crippen molar-refractivity contribution in [3.05, 3.63) is 58.9 Å². The van der Waals surface area contributed by atoms with Gasteiger partial charge < -0.3 is 0 Å². The molecule has 2 saturated carbocycles. The summed E-state index contributed by atoms with van der Waals surface area (Å²) in [6, 6.07) is 12.2. The summed E-state index contributed by atoms with van der Waals surface area (Å²) in [5.74, 6) is 2.16. The van der Waals surface area contributed by atoms with E-state index >= 15 is 0 Å². The molecular formula is C28H44N2O. The number of hydrogen-bond donors (Lipinski definition) is 0. The van der Waals surface area contributed by atoms with E-state index in [9.17, 15) is 4.79 Å². The lowest BCUT2D eigenvalue weighted by Crippen LogP contribution is -2.14. The maximum Gasteiger partial charge on any atom is 0.177 e. The molecule has 2 fully saturated rings. The number of nitrogens with zero attached hydrogens (tertiary/aromatic N) is 2. The van der Waals surface area contributed by atoms with Crippen LogP contribution in [0.3, 0.4) is 0 Å². The van der Waals surface area contributed by atoms with Crippen molar-refractivity contribution in [1.82, 2.24) is 9.78 Å². The van der Waals surface area contributed by atoms with Crippen LogP contribution in [0, 0.1) is 11.8 Å². The van der Waals surface area contributed by atoms with E-state index in [1.54, 1.807) is 6.92 Å². The third-order valence-corrected chi connectivity index (χ3v) is 6.13. The molecule has 2 aliphatic rings. The van der Waals surface area contributed by atoms with Gasteiger partial charge in [0.25, 0.3) is 0 Å². The second kappa shape index (κ2) is 13.3. The SMILES string of the molecule is CC.CC.CC(=O)c1cc(C(C)=C2CCC2)nn1[C@@H](C)c1ccccc1.C[C@H]1C[C@@H]1C. The third kappa shape index (κ3) is 7.48. The Balaban J connectivity index is 0.000000454. The number of carbonyl (C=O) groups is 1. The molecule has 0 N–H and O–H groups in total. The topological polar surface area (TPSA) is 34.9 Å². The molecule has 31 heavy (non-hydrogen) atoms. The van der Waals surface area contributed by atoms with Crippen LogP contribution in [0.25, 0.3) is 5.57 Å². The number of rotatable bonds is 4. The average molecular weight is 425 g/mol. The van der Waals surface area contributed by atoms with Crippen LogP contribution in [0.4, 0.5) is 0 Å². The Morgan fingerprint density at radius 3 is 1.90 bits per heavy atom. The van der Waals surface area contributed by atoms with E-state index in [0.29, 0.717) is 5.69 Å². The standard InChI is InChI=1S/C19H22N2O.C5H10.2C2H6/c1-13(16-10-7-11-16)18-12-19(15(3)22)21(20-18)14(2)17-8-5-4-6-9-17;1-4-3-5(4)2;2*1-2/h4-6,8-9,12,14H,7,10-11H2,1-3H3;4-5H,3H2,1-2H3;2*1-2H3/t14-;4-,5-;;/m00../s1. The van der Waals surface area contributed by atoms with E-state index in [1.165, 1.54) is 36.8 Å². The van der Waals surface area contributed by atoms with Gasteiger partial charge in [-0.3, -0.25) is 9.48 Å². The summed E-state index contributed by atoms with van der Waals surface area (Å²) in [5.41, 5.74) is 5.52. The number of Topliss-reactive ketones (excluding diaryl/α,β-unsaturated/α-hetero) is 1. The molecule has 0 amide bonds. The molecule has 1 aromatic carbocycles. The van der Waals surface area contributed by atoms with Crippen molar-refractivity contribution in [2.24, 2.45) is 11.8 Å². The van der Waals surface area contributed by atoms with E-state index in [1.807, 2.05) is 56.6 Å². The van der Waals surface area contributed by atoms with Crippen molar-refractivity contribution in [2.45, 2.75) is 94.0 Å². The van der Waals surface area contributed by atoms with Crippen molar-refractivity contribution in [3.8, 4) is 0 Å². The summed E-state index contributed by atoms with van der Waals surface area (Å²) in [7, 11) is 0. The highest BCUT2D eigenvalue weighted by Gasteiger charge is 2.26. The largest absolute Gasteiger partial charge is 0.293 e. The predicted molar refractivity (Wildman–Crippen MR) is 135 cm³/mol. The van der Waals surface area contributed by atoms with Crippen LogP contribution in [0.5, 0.6) is 0 Å². The summed E-state index contributed by atoms with van der Waals surface area (Å²) >= 11 is 0. The number of benzene rings is 1. The molecule has 4 rings (SSSR count). The van der Waals surface area contributed by atoms with Gasteiger partial charge in [-0.05, 0) is 68.6 Å². The Kier molecular flexibility index (Phi) is 11.5.